The Morgan fingerprint density at radius 1 is 0.941 bits per heavy atom. The molecule has 4 atom stereocenters. The van der Waals surface area contributed by atoms with Crippen LogP contribution >= 0.6 is 0 Å². The Morgan fingerprint density at radius 3 is 2.35 bits per heavy atom. The van der Waals surface area contributed by atoms with Gasteiger partial charge in [0.1, 0.15) is 11.6 Å². The van der Waals surface area contributed by atoms with Crippen LogP contribution in [0, 0.1) is 11.7 Å². The highest BCUT2D eigenvalue weighted by atomic mass is 19.1. The van der Waals surface area contributed by atoms with Gasteiger partial charge >= 0.3 is 12.1 Å². The van der Waals surface area contributed by atoms with Gasteiger partial charge in [-0.15, -0.1) is 0 Å². The Morgan fingerprint density at radius 2 is 1.61 bits per heavy atom. The SMILES string of the molecule is C[C@@H]1CCCCO[C@@H](CN(C)C(=O)Nc2ccc3c(c2)OCO3)[C@@H](C)CN([C@@H](C)CO)C(=O)c2cc(NC(=O)Nc3ccc(F)cc3)ccc2O1. The first-order chi connectivity index (χ1) is 24.5. The largest absolute Gasteiger partial charge is 0.490 e. The molecule has 3 aromatic rings. The lowest BCUT2D eigenvalue weighted by Crippen LogP contribution is -2.48. The number of hydrogen-bond donors (Lipinski definition) is 4. The number of aliphatic hydroxyl groups excluding tert-OH is 1. The van der Waals surface area contributed by atoms with Crippen molar-refractivity contribution in [1.29, 1.82) is 0 Å². The van der Waals surface area contributed by atoms with Crippen LogP contribution < -0.4 is 30.2 Å². The maximum Gasteiger partial charge on any atom is 0.323 e. The van der Waals surface area contributed by atoms with E-state index < -0.39 is 29.9 Å². The number of likely N-dealkylation sites (N-methyl/N-ethyl adjacent to an activating group) is 1. The zero-order chi connectivity index (χ0) is 36.5. The average Bonchev–Trinajstić information content (AvgIpc) is 3.58. The molecule has 14 heteroatoms. The zero-order valence-electron chi connectivity index (χ0n) is 29.3. The number of urea groups is 2. The molecule has 0 bridgehead atoms. The zero-order valence-corrected chi connectivity index (χ0v) is 29.3. The van der Waals surface area contributed by atoms with Crippen LogP contribution in [-0.2, 0) is 4.74 Å². The quantitative estimate of drug-likeness (QED) is 0.228. The van der Waals surface area contributed by atoms with E-state index in [9.17, 15) is 23.9 Å². The van der Waals surface area contributed by atoms with Gasteiger partial charge in [0.25, 0.3) is 5.91 Å². The Labute approximate surface area is 297 Å². The van der Waals surface area contributed by atoms with E-state index in [4.69, 9.17) is 18.9 Å². The molecule has 2 heterocycles. The molecule has 13 nitrogen and oxygen atoms in total. The number of aliphatic hydroxyl groups is 1. The van der Waals surface area contributed by atoms with Crippen molar-refractivity contribution in [2.45, 2.75) is 58.3 Å². The van der Waals surface area contributed by atoms with Crippen LogP contribution in [0.4, 0.5) is 31.0 Å². The number of anilines is 3. The van der Waals surface area contributed by atoms with Crippen LogP contribution in [0.2, 0.25) is 0 Å². The second-order valence-electron chi connectivity index (χ2n) is 13.0. The van der Waals surface area contributed by atoms with Crippen molar-refractivity contribution in [3.8, 4) is 17.2 Å². The highest BCUT2D eigenvalue weighted by Crippen LogP contribution is 2.34. The number of fused-ring (bicyclic) bond motifs is 2. The van der Waals surface area contributed by atoms with Crippen molar-refractivity contribution in [3.63, 3.8) is 0 Å². The molecule has 0 spiro atoms. The lowest BCUT2D eigenvalue weighted by molar-refractivity contribution is -0.0115. The summed E-state index contributed by atoms with van der Waals surface area (Å²) in [4.78, 5) is 43.5. The standard InChI is InChI=1S/C37H46FN5O8/c1-23-19-43(24(2)21-44)35(45)30-17-28(40-36(46)39-27-10-8-26(38)9-11-27)12-14-31(30)51-25(3)7-5-6-16-48-34(23)20-42(4)37(47)41-29-13-15-32-33(18-29)50-22-49-32/h8-15,17-18,23-25,34,44H,5-7,16,19-22H2,1-4H3,(H,41,47)(H2,39,40,46)/t23-,24-,25+,34-/m0/s1. The summed E-state index contributed by atoms with van der Waals surface area (Å²) >= 11 is 0. The molecule has 0 aromatic heterocycles. The second-order valence-corrected chi connectivity index (χ2v) is 13.0. The molecule has 5 rings (SSSR count). The maximum absolute atomic E-state index is 14.4. The van der Waals surface area contributed by atoms with E-state index in [1.807, 2.05) is 13.8 Å². The van der Waals surface area contributed by atoms with E-state index in [0.717, 1.165) is 12.8 Å². The van der Waals surface area contributed by atoms with Crippen molar-refractivity contribution >= 4 is 35.0 Å². The highest BCUT2D eigenvalue weighted by molar-refractivity contribution is 6.02. The van der Waals surface area contributed by atoms with E-state index in [0.29, 0.717) is 47.3 Å². The van der Waals surface area contributed by atoms with Crippen LogP contribution in [-0.4, -0.2) is 91.3 Å². The van der Waals surface area contributed by atoms with Crippen LogP contribution in [0.5, 0.6) is 17.2 Å². The van der Waals surface area contributed by atoms with Gasteiger partial charge in [0.2, 0.25) is 6.79 Å². The number of ether oxygens (including phenoxy) is 4. The average molecular weight is 708 g/mol. The minimum atomic E-state index is -0.579. The van der Waals surface area contributed by atoms with Gasteiger partial charge in [-0.3, -0.25) is 4.79 Å². The van der Waals surface area contributed by atoms with Gasteiger partial charge in [-0.2, -0.15) is 0 Å². The van der Waals surface area contributed by atoms with E-state index in [-0.39, 0.29) is 50.1 Å². The summed E-state index contributed by atoms with van der Waals surface area (Å²) in [6.45, 7) is 6.33. The maximum atomic E-state index is 14.4. The van der Waals surface area contributed by atoms with Crippen LogP contribution in [0.1, 0.15) is 50.4 Å². The number of carbonyl (C=O) groups is 3. The molecule has 5 amide bonds. The molecule has 0 saturated heterocycles. The van der Waals surface area contributed by atoms with E-state index in [1.165, 1.54) is 29.2 Å². The molecule has 0 unspecified atom stereocenters. The molecule has 2 aliphatic rings. The first-order valence-electron chi connectivity index (χ1n) is 17.1. The lowest BCUT2D eigenvalue weighted by Gasteiger charge is -2.35. The topological polar surface area (TPSA) is 151 Å². The fourth-order valence-electron chi connectivity index (χ4n) is 5.84. The summed E-state index contributed by atoms with van der Waals surface area (Å²) in [6.07, 6.45) is 1.59. The van der Waals surface area contributed by atoms with Crippen molar-refractivity contribution in [2.75, 3.05) is 56.1 Å². The third kappa shape index (κ3) is 10.0. The third-order valence-electron chi connectivity index (χ3n) is 8.84. The Bertz CT molecular complexity index is 1680. The normalized spacial score (nSPS) is 19.9. The third-order valence-corrected chi connectivity index (χ3v) is 8.84. The summed E-state index contributed by atoms with van der Waals surface area (Å²) in [5.74, 6) is 0.422. The monoisotopic (exact) mass is 707 g/mol. The fourth-order valence-corrected chi connectivity index (χ4v) is 5.84. The van der Waals surface area contributed by atoms with E-state index in [2.05, 4.69) is 16.0 Å². The molecule has 2 aliphatic heterocycles. The van der Waals surface area contributed by atoms with Crippen molar-refractivity contribution in [3.05, 3.63) is 72.0 Å². The molecular formula is C37H46FN5O8. The predicted molar refractivity (Wildman–Crippen MR) is 190 cm³/mol. The second kappa shape index (κ2) is 17.2. The number of nitrogens with zero attached hydrogens (tertiary/aromatic N) is 2. The molecule has 0 saturated carbocycles. The van der Waals surface area contributed by atoms with Gasteiger partial charge in [-0.1, -0.05) is 6.92 Å². The number of hydrogen-bond acceptors (Lipinski definition) is 8. The van der Waals surface area contributed by atoms with Gasteiger partial charge in [-0.05, 0) is 87.7 Å². The summed E-state index contributed by atoms with van der Waals surface area (Å²) in [6, 6.07) is 13.9. The minimum Gasteiger partial charge on any atom is -0.490 e. The van der Waals surface area contributed by atoms with Crippen LogP contribution in [0.25, 0.3) is 0 Å². The number of amides is 5. The smallest absolute Gasteiger partial charge is 0.323 e. The first kappa shape index (κ1) is 37.2. The molecule has 0 radical (unpaired) electrons. The molecular weight excluding hydrogens is 661 g/mol. The van der Waals surface area contributed by atoms with Crippen molar-refractivity contribution in [1.82, 2.24) is 9.80 Å². The number of halogens is 1. The van der Waals surface area contributed by atoms with Crippen LogP contribution in [0.15, 0.2) is 60.7 Å². The van der Waals surface area contributed by atoms with E-state index in [1.54, 1.807) is 55.3 Å². The Balaban J connectivity index is 1.34. The van der Waals surface area contributed by atoms with Gasteiger partial charge in [0, 0.05) is 55.8 Å². The first-order valence-corrected chi connectivity index (χ1v) is 17.1. The Hall–Kier alpha value is -5.08. The van der Waals surface area contributed by atoms with E-state index >= 15 is 0 Å². The number of benzene rings is 3. The van der Waals surface area contributed by atoms with Crippen LogP contribution in [0.3, 0.4) is 0 Å². The van der Waals surface area contributed by atoms with Gasteiger partial charge < -0.3 is 49.8 Å². The van der Waals surface area contributed by atoms with Gasteiger partial charge in [0.05, 0.1) is 30.4 Å². The molecule has 0 fully saturated rings. The summed E-state index contributed by atoms with van der Waals surface area (Å²) < 4.78 is 36.8. The van der Waals surface area contributed by atoms with Crippen molar-refractivity contribution < 1.29 is 42.8 Å². The van der Waals surface area contributed by atoms with Crippen molar-refractivity contribution in [2.24, 2.45) is 5.92 Å². The fraction of sp³-hybridized carbons (Fsp3) is 0.432. The number of carbonyl (C=O) groups excluding carboxylic acids is 3. The summed E-state index contributed by atoms with van der Waals surface area (Å²) in [7, 11) is 1.68. The van der Waals surface area contributed by atoms with Gasteiger partial charge in [-0.25, -0.2) is 14.0 Å². The summed E-state index contributed by atoms with van der Waals surface area (Å²) in [5, 5.41) is 18.5. The minimum absolute atomic E-state index is 0.129. The highest BCUT2D eigenvalue weighted by Gasteiger charge is 2.31. The number of nitrogens with one attached hydrogen (secondary N) is 3. The molecule has 274 valence electrons. The number of rotatable bonds is 7. The lowest BCUT2D eigenvalue weighted by atomic mass is 10.0. The molecule has 3 aromatic carbocycles. The molecule has 4 N–H and O–H groups in total. The molecule has 0 aliphatic carbocycles. The summed E-state index contributed by atoms with van der Waals surface area (Å²) in [5.41, 5.74) is 1.50. The molecule has 51 heavy (non-hydrogen) atoms. The van der Waals surface area contributed by atoms with Gasteiger partial charge in [0.15, 0.2) is 11.5 Å². The predicted octanol–water partition coefficient (Wildman–Crippen LogP) is 6.16. The Kier molecular flexibility index (Phi) is 12.6.